The number of halogens is 2. The third-order valence-electron chi connectivity index (χ3n) is 2.97. The molecule has 0 aromatic rings. The van der Waals surface area contributed by atoms with E-state index < -0.39 is 15.4 Å². The van der Waals surface area contributed by atoms with Crippen molar-refractivity contribution in [1.82, 2.24) is 3.94 Å². The van der Waals surface area contributed by atoms with Crippen LogP contribution in [0.2, 0.25) is 0 Å². The van der Waals surface area contributed by atoms with Crippen molar-refractivity contribution in [2.45, 2.75) is 32.7 Å². The van der Waals surface area contributed by atoms with Gasteiger partial charge in [0.15, 0.2) is 9.84 Å². The molecular formula is C13H27Cl2NO5S. The molecule has 0 heterocycles. The normalized spacial score (nSPS) is 13.0. The number of nitrogens with zero attached hydrogens (tertiary/aromatic N) is 1. The van der Waals surface area contributed by atoms with Crippen molar-refractivity contribution in [1.29, 1.82) is 0 Å². The van der Waals surface area contributed by atoms with E-state index in [-0.39, 0.29) is 18.1 Å². The van der Waals surface area contributed by atoms with Crippen molar-refractivity contribution >= 4 is 33.4 Å². The van der Waals surface area contributed by atoms with Crippen LogP contribution in [0.25, 0.3) is 0 Å². The van der Waals surface area contributed by atoms with Gasteiger partial charge in [0.1, 0.15) is 0 Å². The molecule has 0 unspecified atom stereocenters. The zero-order valence-electron chi connectivity index (χ0n) is 13.5. The molecule has 0 aliphatic carbocycles. The van der Waals surface area contributed by atoms with Crippen molar-refractivity contribution < 1.29 is 22.6 Å². The highest BCUT2D eigenvalue weighted by atomic mass is 35.5. The smallest absolute Gasteiger partial charge is 0.152 e. The summed E-state index contributed by atoms with van der Waals surface area (Å²) in [6, 6.07) is 0. The van der Waals surface area contributed by atoms with E-state index in [0.717, 1.165) is 3.94 Å². The van der Waals surface area contributed by atoms with Crippen LogP contribution in [-0.4, -0.2) is 69.0 Å². The van der Waals surface area contributed by atoms with Crippen LogP contribution in [-0.2, 0) is 24.0 Å². The van der Waals surface area contributed by atoms with Crippen LogP contribution in [0.3, 0.4) is 0 Å². The van der Waals surface area contributed by atoms with Crippen LogP contribution in [0.4, 0.5) is 0 Å². The standard InChI is InChI=1S/C13H27Cl2NO5S/c1-4-19-6-7-20-8-9-21-10-12-22(17,18)11-5-13(2,3)16(14)15/h4-12H2,1-3H3. The van der Waals surface area contributed by atoms with Gasteiger partial charge in [0, 0.05) is 12.1 Å². The second kappa shape index (κ2) is 11.8. The maximum Gasteiger partial charge on any atom is 0.152 e. The number of hydrogen-bond acceptors (Lipinski definition) is 6. The molecule has 9 heteroatoms. The van der Waals surface area contributed by atoms with E-state index >= 15 is 0 Å². The Hall–Kier alpha value is 0.370. The Bertz CT molecular complexity index is 377. The highest BCUT2D eigenvalue weighted by Crippen LogP contribution is 2.24. The molecule has 0 atom stereocenters. The van der Waals surface area contributed by atoms with Gasteiger partial charge in [-0.25, -0.2) is 8.42 Å². The molecule has 0 spiro atoms. The van der Waals surface area contributed by atoms with E-state index in [4.69, 9.17) is 37.8 Å². The second-order valence-electron chi connectivity index (χ2n) is 5.37. The van der Waals surface area contributed by atoms with E-state index in [0.29, 0.717) is 39.5 Å². The Kier molecular flexibility index (Phi) is 12.0. The van der Waals surface area contributed by atoms with Crippen molar-refractivity contribution in [3.05, 3.63) is 0 Å². The molecule has 0 fully saturated rings. The molecule has 22 heavy (non-hydrogen) atoms. The molecule has 0 aliphatic heterocycles. The summed E-state index contributed by atoms with van der Waals surface area (Å²) in [5.74, 6) is -0.00322. The summed E-state index contributed by atoms with van der Waals surface area (Å²) < 4.78 is 40.3. The number of rotatable bonds is 14. The largest absolute Gasteiger partial charge is 0.379 e. The minimum atomic E-state index is -3.18. The highest BCUT2D eigenvalue weighted by Gasteiger charge is 2.26. The maximum atomic E-state index is 11.9. The minimum absolute atomic E-state index is 0.0180. The average molecular weight is 380 g/mol. The van der Waals surface area contributed by atoms with Crippen LogP contribution in [0.5, 0.6) is 0 Å². The lowest BCUT2D eigenvalue weighted by Gasteiger charge is -2.27. The van der Waals surface area contributed by atoms with Crippen LogP contribution >= 0.6 is 23.6 Å². The Labute approximate surface area is 144 Å². The van der Waals surface area contributed by atoms with E-state index in [2.05, 4.69) is 0 Å². The van der Waals surface area contributed by atoms with Crippen molar-refractivity contribution in [2.75, 3.05) is 51.1 Å². The van der Waals surface area contributed by atoms with E-state index in [9.17, 15) is 8.42 Å². The fourth-order valence-corrected chi connectivity index (χ4v) is 2.92. The summed E-state index contributed by atoms with van der Waals surface area (Å²) in [7, 11) is -3.18. The number of sulfone groups is 1. The van der Waals surface area contributed by atoms with Gasteiger partial charge in [-0.3, -0.25) is 0 Å². The quantitative estimate of drug-likeness (QED) is 0.340. The molecule has 6 nitrogen and oxygen atoms in total. The molecule has 134 valence electrons. The van der Waals surface area contributed by atoms with Crippen molar-refractivity contribution in [3.63, 3.8) is 0 Å². The maximum absolute atomic E-state index is 11.9. The van der Waals surface area contributed by atoms with Gasteiger partial charge in [0.25, 0.3) is 0 Å². The molecule has 0 rings (SSSR count). The lowest BCUT2D eigenvalue weighted by Crippen LogP contribution is -2.34. The molecule has 0 aliphatic rings. The second-order valence-corrected chi connectivity index (χ2v) is 8.52. The molecule has 0 bridgehead atoms. The number of hydrogen-bond donors (Lipinski definition) is 0. The third-order valence-corrected chi connectivity index (χ3v) is 5.50. The first-order valence-electron chi connectivity index (χ1n) is 7.27. The van der Waals surface area contributed by atoms with Gasteiger partial charge < -0.3 is 14.2 Å². The molecule has 0 saturated heterocycles. The fraction of sp³-hybridized carbons (Fsp3) is 1.00. The molecule has 0 amide bonds. The van der Waals surface area contributed by atoms with Gasteiger partial charge in [-0.2, -0.15) is 0 Å². The number of ether oxygens (including phenoxy) is 3. The zero-order valence-corrected chi connectivity index (χ0v) is 15.8. The fourth-order valence-electron chi connectivity index (χ4n) is 1.36. The Balaban J connectivity index is 3.69. The van der Waals surface area contributed by atoms with Gasteiger partial charge in [-0.1, -0.05) is 0 Å². The molecular weight excluding hydrogens is 353 g/mol. The van der Waals surface area contributed by atoms with E-state index in [1.807, 2.05) is 6.92 Å². The first-order valence-corrected chi connectivity index (χ1v) is 9.76. The summed E-state index contributed by atoms with van der Waals surface area (Å²) in [6.07, 6.45) is 0.350. The first kappa shape index (κ1) is 22.4. The SMILES string of the molecule is CCOCCOCCOCCS(=O)(=O)CCC(C)(C)N(Cl)Cl. The van der Waals surface area contributed by atoms with Gasteiger partial charge in [0.05, 0.1) is 44.5 Å². The topological polar surface area (TPSA) is 65.1 Å². The Morgan fingerprint density at radius 1 is 0.909 bits per heavy atom. The predicted molar refractivity (Wildman–Crippen MR) is 89.0 cm³/mol. The monoisotopic (exact) mass is 379 g/mol. The Morgan fingerprint density at radius 2 is 1.41 bits per heavy atom. The van der Waals surface area contributed by atoms with Gasteiger partial charge in [-0.15, -0.1) is 3.94 Å². The van der Waals surface area contributed by atoms with Crippen LogP contribution in [0.1, 0.15) is 27.2 Å². The van der Waals surface area contributed by atoms with Crippen LogP contribution in [0.15, 0.2) is 0 Å². The van der Waals surface area contributed by atoms with Crippen LogP contribution < -0.4 is 0 Å². The average Bonchev–Trinajstić information content (AvgIpc) is 2.43. The third kappa shape index (κ3) is 11.9. The summed E-state index contributed by atoms with van der Waals surface area (Å²) >= 11 is 11.3. The minimum Gasteiger partial charge on any atom is -0.379 e. The summed E-state index contributed by atoms with van der Waals surface area (Å²) in [4.78, 5) is 0. The molecule has 0 saturated carbocycles. The molecule has 0 aromatic carbocycles. The van der Waals surface area contributed by atoms with Gasteiger partial charge in [-0.05, 0) is 50.7 Å². The van der Waals surface area contributed by atoms with Crippen LogP contribution in [0, 0.1) is 0 Å². The predicted octanol–water partition coefficient (Wildman–Crippen LogP) is 2.25. The van der Waals surface area contributed by atoms with E-state index in [1.165, 1.54) is 0 Å². The first-order chi connectivity index (χ1) is 10.2. The lowest BCUT2D eigenvalue weighted by atomic mass is 10.0. The van der Waals surface area contributed by atoms with Gasteiger partial charge in [0.2, 0.25) is 0 Å². The Morgan fingerprint density at radius 3 is 1.91 bits per heavy atom. The highest BCUT2D eigenvalue weighted by molar-refractivity contribution is 7.91. The van der Waals surface area contributed by atoms with Crippen molar-refractivity contribution in [2.24, 2.45) is 0 Å². The molecule has 0 aromatic heterocycles. The zero-order chi connectivity index (χ0) is 17.1. The lowest BCUT2D eigenvalue weighted by molar-refractivity contribution is 0.0198. The van der Waals surface area contributed by atoms with Crippen molar-refractivity contribution in [3.8, 4) is 0 Å². The molecule has 0 N–H and O–H groups in total. The van der Waals surface area contributed by atoms with E-state index in [1.54, 1.807) is 13.8 Å². The summed E-state index contributed by atoms with van der Waals surface area (Å²) in [5, 5.41) is 0. The summed E-state index contributed by atoms with van der Waals surface area (Å²) in [5.41, 5.74) is -0.592. The van der Waals surface area contributed by atoms with Gasteiger partial charge >= 0.3 is 0 Å². The molecule has 0 radical (unpaired) electrons. The summed E-state index contributed by atoms with van der Waals surface area (Å²) in [6.45, 7) is 8.15.